The maximum absolute atomic E-state index is 10.4. The van der Waals surface area contributed by atoms with Crippen molar-refractivity contribution in [2.45, 2.75) is 39.2 Å². The van der Waals surface area contributed by atoms with Crippen molar-refractivity contribution in [1.29, 1.82) is 0 Å². The third-order valence-electron chi connectivity index (χ3n) is 3.87. The molecule has 3 N–H and O–H groups in total. The van der Waals surface area contributed by atoms with Gasteiger partial charge in [0.05, 0.1) is 17.1 Å². The predicted octanol–water partition coefficient (Wildman–Crippen LogP) is 2.74. The summed E-state index contributed by atoms with van der Waals surface area (Å²) in [6, 6.07) is 0. The summed E-state index contributed by atoms with van der Waals surface area (Å²) in [5.74, 6) is 0.720. The predicted molar refractivity (Wildman–Crippen MR) is 75.7 cm³/mol. The Balaban J connectivity index is 2.22. The highest BCUT2D eigenvalue weighted by Crippen LogP contribution is 2.44. The minimum Gasteiger partial charge on any atom is -0.506 e. The van der Waals surface area contributed by atoms with Gasteiger partial charge in [0.2, 0.25) is 11.7 Å². The minimum atomic E-state index is 0.0363. The summed E-state index contributed by atoms with van der Waals surface area (Å²) in [6.07, 6.45) is 4.11. The SMILES string of the molecule is Cc1c2c(c(Cl)c(O)c1-c1noc(CN)n1)CCCC2. The van der Waals surface area contributed by atoms with Crippen molar-refractivity contribution in [1.82, 2.24) is 10.1 Å². The van der Waals surface area contributed by atoms with Gasteiger partial charge in [-0.3, -0.25) is 0 Å². The number of halogens is 1. The van der Waals surface area contributed by atoms with Crippen molar-refractivity contribution >= 4 is 11.6 Å². The molecule has 0 saturated carbocycles. The zero-order valence-corrected chi connectivity index (χ0v) is 12.0. The van der Waals surface area contributed by atoms with Crippen LogP contribution >= 0.6 is 11.6 Å². The van der Waals surface area contributed by atoms with Crippen molar-refractivity contribution < 1.29 is 9.63 Å². The van der Waals surface area contributed by atoms with Crippen LogP contribution in [0.1, 0.15) is 35.4 Å². The van der Waals surface area contributed by atoms with Crippen LogP contribution in [0.25, 0.3) is 11.4 Å². The zero-order chi connectivity index (χ0) is 14.3. The number of hydrogen-bond donors (Lipinski definition) is 2. The molecule has 5 nitrogen and oxygen atoms in total. The van der Waals surface area contributed by atoms with Gasteiger partial charge in [0.25, 0.3) is 0 Å². The molecule has 0 fully saturated rings. The summed E-state index contributed by atoms with van der Waals surface area (Å²) in [5, 5.41) is 14.7. The van der Waals surface area contributed by atoms with Gasteiger partial charge in [-0.2, -0.15) is 4.98 Å². The number of aromatic hydroxyl groups is 1. The van der Waals surface area contributed by atoms with Crippen LogP contribution in [0.15, 0.2) is 4.52 Å². The van der Waals surface area contributed by atoms with Crippen LogP contribution in [0.3, 0.4) is 0 Å². The first-order valence-corrected chi connectivity index (χ1v) is 7.07. The largest absolute Gasteiger partial charge is 0.506 e. The van der Waals surface area contributed by atoms with E-state index in [0.29, 0.717) is 22.3 Å². The number of nitrogens with two attached hydrogens (primary N) is 1. The van der Waals surface area contributed by atoms with E-state index in [1.807, 2.05) is 6.92 Å². The highest BCUT2D eigenvalue weighted by atomic mass is 35.5. The van der Waals surface area contributed by atoms with E-state index in [1.54, 1.807) is 0 Å². The number of nitrogens with zero attached hydrogens (tertiary/aromatic N) is 2. The molecule has 3 rings (SSSR count). The molecule has 1 heterocycles. The highest BCUT2D eigenvalue weighted by Gasteiger charge is 2.25. The maximum atomic E-state index is 10.4. The topological polar surface area (TPSA) is 85.2 Å². The second-order valence-corrected chi connectivity index (χ2v) is 5.42. The Morgan fingerprint density at radius 2 is 2.00 bits per heavy atom. The monoisotopic (exact) mass is 293 g/mol. The summed E-state index contributed by atoms with van der Waals surface area (Å²) in [5.41, 5.74) is 9.26. The van der Waals surface area contributed by atoms with Crippen molar-refractivity contribution in [3.63, 3.8) is 0 Å². The third-order valence-corrected chi connectivity index (χ3v) is 4.28. The minimum absolute atomic E-state index is 0.0363. The lowest BCUT2D eigenvalue weighted by Gasteiger charge is -2.22. The smallest absolute Gasteiger partial charge is 0.240 e. The molecule has 1 aromatic carbocycles. The lowest BCUT2D eigenvalue weighted by atomic mass is 9.85. The molecular formula is C14H16ClN3O2. The van der Waals surface area contributed by atoms with E-state index in [4.69, 9.17) is 21.9 Å². The van der Waals surface area contributed by atoms with Gasteiger partial charge in [-0.15, -0.1) is 0 Å². The fourth-order valence-corrected chi connectivity index (χ4v) is 3.16. The van der Waals surface area contributed by atoms with Crippen molar-refractivity contribution in [3.05, 3.63) is 27.6 Å². The van der Waals surface area contributed by atoms with Gasteiger partial charge in [-0.05, 0) is 49.3 Å². The summed E-state index contributed by atoms with van der Waals surface area (Å²) < 4.78 is 5.02. The van der Waals surface area contributed by atoms with E-state index >= 15 is 0 Å². The molecular weight excluding hydrogens is 278 g/mol. The number of hydrogen-bond acceptors (Lipinski definition) is 5. The van der Waals surface area contributed by atoms with E-state index in [-0.39, 0.29) is 12.3 Å². The van der Waals surface area contributed by atoms with E-state index in [9.17, 15) is 5.11 Å². The molecule has 1 aromatic heterocycles. The van der Waals surface area contributed by atoms with Gasteiger partial charge in [0.15, 0.2) is 0 Å². The Morgan fingerprint density at radius 3 is 2.65 bits per heavy atom. The Kier molecular flexibility index (Phi) is 3.40. The van der Waals surface area contributed by atoms with Crippen LogP contribution in [-0.2, 0) is 19.4 Å². The molecule has 0 bridgehead atoms. The van der Waals surface area contributed by atoms with Crippen molar-refractivity contribution in [2.75, 3.05) is 0 Å². The van der Waals surface area contributed by atoms with E-state index in [2.05, 4.69) is 10.1 Å². The summed E-state index contributed by atoms with van der Waals surface area (Å²) in [6.45, 7) is 2.14. The molecule has 0 saturated heterocycles. The Labute approximate surface area is 121 Å². The maximum Gasteiger partial charge on any atom is 0.240 e. The lowest BCUT2D eigenvalue weighted by Crippen LogP contribution is -2.07. The first-order chi connectivity index (χ1) is 9.63. The molecule has 1 aliphatic rings. The normalized spacial score (nSPS) is 14.3. The molecule has 0 atom stereocenters. The summed E-state index contributed by atoms with van der Waals surface area (Å²) >= 11 is 6.32. The van der Waals surface area contributed by atoms with Crippen LogP contribution in [0.4, 0.5) is 0 Å². The molecule has 2 aromatic rings. The van der Waals surface area contributed by atoms with E-state index in [1.165, 1.54) is 5.56 Å². The van der Waals surface area contributed by atoms with Crippen molar-refractivity contribution in [2.24, 2.45) is 5.73 Å². The van der Waals surface area contributed by atoms with Gasteiger partial charge in [0.1, 0.15) is 5.75 Å². The van der Waals surface area contributed by atoms with Crippen LogP contribution in [0.5, 0.6) is 5.75 Å². The fourth-order valence-electron chi connectivity index (χ4n) is 2.86. The van der Waals surface area contributed by atoms with Crippen LogP contribution in [0, 0.1) is 6.92 Å². The first-order valence-electron chi connectivity index (χ1n) is 6.69. The van der Waals surface area contributed by atoms with Crippen LogP contribution in [0.2, 0.25) is 5.02 Å². The molecule has 106 valence electrons. The van der Waals surface area contributed by atoms with E-state index < -0.39 is 0 Å². The Bertz CT molecular complexity index is 667. The standard InChI is InChI=1S/C14H16ClN3O2/c1-7-8-4-2-3-5-9(8)12(15)13(19)11(7)14-17-10(6-16)20-18-14/h19H,2-6,16H2,1H3. The second kappa shape index (κ2) is 5.07. The van der Waals surface area contributed by atoms with Crippen molar-refractivity contribution in [3.8, 4) is 17.1 Å². The molecule has 20 heavy (non-hydrogen) atoms. The quantitative estimate of drug-likeness (QED) is 0.889. The molecule has 0 unspecified atom stereocenters. The number of rotatable bonds is 2. The fraction of sp³-hybridized carbons (Fsp3) is 0.429. The van der Waals surface area contributed by atoms with Gasteiger partial charge >= 0.3 is 0 Å². The van der Waals surface area contributed by atoms with Gasteiger partial charge in [0, 0.05) is 0 Å². The first kappa shape index (κ1) is 13.4. The highest BCUT2D eigenvalue weighted by molar-refractivity contribution is 6.33. The molecule has 6 heteroatoms. The van der Waals surface area contributed by atoms with Gasteiger partial charge in [-0.25, -0.2) is 0 Å². The number of aromatic nitrogens is 2. The third kappa shape index (κ3) is 1.98. The molecule has 0 radical (unpaired) electrons. The van der Waals surface area contributed by atoms with Gasteiger partial charge < -0.3 is 15.4 Å². The van der Waals surface area contributed by atoms with Gasteiger partial charge in [-0.1, -0.05) is 16.8 Å². The number of phenols is 1. The molecule has 1 aliphatic carbocycles. The molecule has 0 spiro atoms. The second-order valence-electron chi connectivity index (χ2n) is 5.04. The number of benzene rings is 1. The number of phenolic OH excluding ortho intramolecular Hbond substituents is 1. The lowest BCUT2D eigenvalue weighted by molar-refractivity contribution is 0.380. The Morgan fingerprint density at radius 1 is 1.30 bits per heavy atom. The average molecular weight is 294 g/mol. The Hall–Kier alpha value is -1.59. The van der Waals surface area contributed by atoms with Crippen LogP contribution < -0.4 is 5.73 Å². The average Bonchev–Trinajstić information content (AvgIpc) is 2.94. The molecule has 0 amide bonds. The summed E-state index contributed by atoms with van der Waals surface area (Å²) in [7, 11) is 0. The van der Waals surface area contributed by atoms with E-state index in [0.717, 1.165) is 36.8 Å². The zero-order valence-electron chi connectivity index (χ0n) is 11.2. The van der Waals surface area contributed by atoms with Crippen LogP contribution in [-0.4, -0.2) is 15.2 Å². The number of fused-ring (bicyclic) bond motifs is 1. The molecule has 0 aliphatic heterocycles. The summed E-state index contributed by atoms with van der Waals surface area (Å²) in [4.78, 5) is 4.19.